The Labute approximate surface area is 114 Å². The molecule has 19 heavy (non-hydrogen) atoms. The van der Waals surface area contributed by atoms with Crippen molar-refractivity contribution < 1.29 is 14.3 Å². The van der Waals surface area contributed by atoms with Crippen LogP contribution in [0, 0.1) is 5.92 Å². The molecule has 1 N–H and O–H groups in total. The fourth-order valence-corrected chi connectivity index (χ4v) is 1.98. The summed E-state index contributed by atoms with van der Waals surface area (Å²) in [7, 11) is 0. The van der Waals surface area contributed by atoms with Gasteiger partial charge < -0.3 is 14.8 Å². The summed E-state index contributed by atoms with van der Waals surface area (Å²) < 4.78 is 11.2. The van der Waals surface area contributed by atoms with Gasteiger partial charge in [0.15, 0.2) is 11.5 Å². The molecule has 104 valence electrons. The van der Waals surface area contributed by atoms with Crippen LogP contribution in [0.2, 0.25) is 0 Å². The third-order valence-corrected chi connectivity index (χ3v) is 3.06. The zero-order chi connectivity index (χ0) is 13.7. The van der Waals surface area contributed by atoms with E-state index in [1.165, 1.54) is 0 Å². The summed E-state index contributed by atoms with van der Waals surface area (Å²) in [6, 6.07) is 7.40. The smallest absolute Gasteiger partial charge is 0.264 e. The van der Waals surface area contributed by atoms with Crippen LogP contribution >= 0.6 is 0 Å². The fraction of sp³-hybridized carbons (Fsp3) is 0.533. The van der Waals surface area contributed by atoms with Crippen LogP contribution in [0.15, 0.2) is 24.3 Å². The molecule has 1 unspecified atom stereocenters. The van der Waals surface area contributed by atoms with Crippen LogP contribution in [0.5, 0.6) is 11.5 Å². The second-order valence-electron chi connectivity index (χ2n) is 5.19. The first-order valence-corrected chi connectivity index (χ1v) is 6.83. The van der Waals surface area contributed by atoms with Gasteiger partial charge in [0.05, 0.1) is 0 Å². The molecule has 1 aromatic rings. The number of hydrogen-bond acceptors (Lipinski definition) is 3. The van der Waals surface area contributed by atoms with Crippen molar-refractivity contribution >= 4 is 5.91 Å². The highest BCUT2D eigenvalue weighted by molar-refractivity contribution is 5.81. The monoisotopic (exact) mass is 263 g/mol. The number of carbonyl (C=O) groups excluding carboxylic acids is 1. The van der Waals surface area contributed by atoms with E-state index in [9.17, 15) is 4.79 Å². The number of fused-ring (bicyclic) bond motifs is 1. The summed E-state index contributed by atoms with van der Waals surface area (Å²) in [5, 5.41) is 2.89. The fourth-order valence-electron chi connectivity index (χ4n) is 1.98. The van der Waals surface area contributed by atoms with Crippen LogP contribution in [-0.2, 0) is 4.79 Å². The number of nitrogens with one attached hydrogen (secondary N) is 1. The third-order valence-electron chi connectivity index (χ3n) is 3.06. The Morgan fingerprint density at radius 2 is 2.11 bits per heavy atom. The van der Waals surface area contributed by atoms with Crippen LogP contribution in [0.4, 0.5) is 0 Å². The average Bonchev–Trinajstić information content (AvgIpc) is 2.42. The molecule has 1 heterocycles. The Kier molecular flexibility index (Phi) is 4.66. The van der Waals surface area contributed by atoms with Gasteiger partial charge in [-0.25, -0.2) is 0 Å². The number of rotatable bonds is 5. The summed E-state index contributed by atoms with van der Waals surface area (Å²) in [5.74, 6) is 1.90. The Morgan fingerprint density at radius 1 is 1.37 bits per heavy atom. The lowest BCUT2D eigenvalue weighted by Gasteiger charge is -2.25. The standard InChI is InChI=1S/C15H21NO3/c1-11(2)6-5-9-16-15(17)14-10-18-12-7-3-4-8-13(12)19-14/h3-4,7-8,11,14H,5-6,9-10H2,1-2H3,(H,16,17). The Bertz CT molecular complexity index is 431. The molecule has 1 amide bonds. The van der Waals surface area contributed by atoms with Gasteiger partial charge in [0.25, 0.3) is 5.91 Å². The molecular weight excluding hydrogens is 242 g/mol. The van der Waals surface area contributed by atoms with E-state index >= 15 is 0 Å². The summed E-state index contributed by atoms with van der Waals surface area (Å²) in [6.45, 7) is 5.32. The van der Waals surface area contributed by atoms with Crippen LogP contribution in [0.25, 0.3) is 0 Å². The van der Waals surface area contributed by atoms with Crippen molar-refractivity contribution in [1.82, 2.24) is 5.32 Å². The Hall–Kier alpha value is -1.71. The number of para-hydroxylation sites is 2. The minimum Gasteiger partial charge on any atom is -0.485 e. The highest BCUT2D eigenvalue weighted by Gasteiger charge is 2.26. The van der Waals surface area contributed by atoms with Crippen LogP contribution in [0.1, 0.15) is 26.7 Å². The van der Waals surface area contributed by atoms with Gasteiger partial charge in [0.2, 0.25) is 6.10 Å². The van der Waals surface area contributed by atoms with Gasteiger partial charge in [-0.05, 0) is 30.9 Å². The summed E-state index contributed by atoms with van der Waals surface area (Å²) in [4.78, 5) is 11.9. The highest BCUT2D eigenvalue weighted by Crippen LogP contribution is 2.30. The maximum atomic E-state index is 11.9. The van der Waals surface area contributed by atoms with Gasteiger partial charge >= 0.3 is 0 Å². The largest absolute Gasteiger partial charge is 0.485 e. The van der Waals surface area contributed by atoms with Gasteiger partial charge in [-0.3, -0.25) is 4.79 Å². The number of hydrogen-bond donors (Lipinski definition) is 1. The summed E-state index contributed by atoms with van der Waals surface area (Å²) >= 11 is 0. The van der Waals surface area contributed by atoms with Crippen molar-refractivity contribution in [3.63, 3.8) is 0 Å². The normalized spacial score (nSPS) is 17.3. The predicted octanol–water partition coefficient (Wildman–Crippen LogP) is 2.38. The number of ether oxygens (including phenoxy) is 2. The molecule has 2 rings (SSSR count). The first-order valence-electron chi connectivity index (χ1n) is 6.83. The molecule has 1 atom stereocenters. The van der Waals surface area contributed by atoms with Crippen LogP contribution in [-0.4, -0.2) is 25.2 Å². The first-order chi connectivity index (χ1) is 9.16. The SMILES string of the molecule is CC(C)CCCNC(=O)C1COc2ccccc2O1. The predicted molar refractivity (Wildman–Crippen MR) is 73.4 cm³/mol. The molecule has 1 aromatic carbocycles. The van der Waals surface area contributed by atoms with E-state index < -0.39 is 6.10 Å². The van der Waals surface area contributed by atoms with E-state index in [0.717, 1.165) is 12.8 Å². The van der Waals surface area contributed by atoms with E-state index in [1.54, 1.807) is 0 Å². The molecular formula is C15H21NO3. The van der Waals surface area contributed by atoms with E-state index in [-0.39, 0.29) is 12.5 Å². The molecule has 0 saturated heterocycles. The van der Waals surface area contributed by atoms with Gasteiger partial charge in [0.1, 0.15) is 6.61 Å². The molecule has 0 aliphatic carbocycles. The van der Waals surface area contributed by atoms with Gasteiger partial charge in [0, 0.05) is 6.54 Å². The maximum Gasteiger partial charge on any atom is 0.264 e. The van der Waals surface area contributed by atoms with Crippen molar-refractivity contribution in [2.45, 2.75) is 32.8 Å². The minimum absolute atomic E-state index is 0.0988. The Balaban J connectivity index is 1.79. The number of amides is 1. The molecule has 0 spiro atoms. The zero-order valence-corrected chi connectivity index (χ0v) is 11.5. The number of carbonyl (C=O) groups is 1. The maximum absolute atomic E-state index is 11.9. The Morgan fingerprint density at radius 3 is 2.84 bits per heavy atom. The van der Waals surface area contributed by atoms with Crippen molar-refractivity contribution in [1.29, 1.82) is 0 Å². The first kappa shape index (κ1) is 13.7. The quantitative estimate of drug-likeness (QED) is 0.830. The molecule has 4 heteroatoms. The lowest BCUT2D eigenvalue weighted by Crippen LogP contribution is -2.44. The van der Waals surface area contributed by atoms with Crippen molar-refractivity contribution in [3.05, 3.63) is 24.3 Å². The van der Waals surface area contributed by atoms with Crippen molar-refractivity contribution in [3.8, 4) is 11.5 Å². The molecule has 1 aliphatic heterocycles. The molecule has 0 radical (unpaired) electrons. The second kappa shape index (κ2) is 6.45. The van der Waals surface area contributed by atoms with Crippen molar-refractivity contribution in [2.24, 2.45) is 5.92 Å². The molecule has 0 saturated carbocycles. The summed E-state index contributed by atoms with van der Waals surface area (Å²) in [5.41, 5.74) is 0. The lowest BCUT2D eigenvalue weighted by molar-refractivity contribution is -0.130. The zero-order valence-electron chi connectivity index (χ0n) is 11.5. The van der Waals surface area contributed by atoms with E-state index in [4.69, 9.17) is 9.47 Å². The topological polar surface area (TPSA) is 47.6 Å². The van der Waals surface area contributed by atoms with Crippen molar-refractivity contribution in [2.75, 3.05) is 13.2 Å². The molecule has 0 aromatic heterocycles. The van der Waals surface area contributed by atoms with Gasteiger partial charge in [-0.1, -0.05) is 26.0 Å². The number of benzene rings is 1. The summed E-state index contributed by atoms with van der Waals surface area (Å²) in [6.07, 6.45) is 1.56. The van der Waals surface area contributed by atoms with E-state index in [2.05, 4.69) is 19.2 Å². The average molecular weight is 263 g/mol. The highest BCUT2D eigenvalue weighted by atomic mass is 16.6. The molecule has 1 aliphatic rings. The van der Waals surface area contributed by atoms with E-state index in [0.29, 0.717) is 24.0 Å². The minimum atomic E-state index is -0.547. The van der Waals surface area contributed by atoms with Gasteiger partial charge in [-0.15, -0.1) is 0 Å². The van der Waals surface area contributed by atoms with E-state index in [1.807, 2.05) is 24.3 Å². The van der Waals surface area contributed by atoms with Crippen LogP contribution in [0.3, 0.4) is 0 Å². The molecule has 0 bridgehead atoms. The second-order valence-corrected chi connectivity index (χ2v) is 5.19. The van der Waals surface area contributed by atoms with Gasteiger partial charge in [-0.2, -0.15) is 0 Å². The lowest BCUT2D eigenvalue weighted by atomic mass is 10.1. The molecule has 0 fully saturated rings. The van der Waals surface area contributed by atoms with Crippen LogP contribution < -0.4 is 14.8 Å². The third kappa shape index (κ3) is 3.88. The molecule has 4 nitrogen and oxygen atoms in total.